The summed E-state index contributed by atoms with van der Waals surface area (Å²) in [5.41, 5.74) is 1.21. The molecule has 12 heteroatoms. The number of piperazine rings is 1. The molecule has 3 fully saturated rings. The van der Waals surface area contributed by atoms with Gasteiger partial charge in [-0.05, 0) is 38.2 Å². The number of nitrogens with zero attached hydrogens (tertiary/aromatic N) is 4. The lowest BCUT2D eigenvalue weighted by Gasteiger charge is -2.30. The molecule has 3 saturated heterocycles. The van der Waals surface area contributed by atoms with Crippen LogP contribution >= 0.6 is 11.6 Å². The highest BCUT2D eigenvalue weighted by Gasteiger charge is 2.32. The zero-order valence-corrected chi connectivity index (χ0v) is 23.2. The van der Waals surface area contributed by atoms with Crippen molar-refractivity contribution in [2.45, 2.75) is 38.1 Å². The minimum Gasteiger partial charge on any atom is -0.359 e. The van der Waals surface area contributed by atoms with Gasteiger partial charge in [-0.25, -0.2) is 0 Å². The number of nitriles is 1. The Morgan fingerprint density at radius 2 is 1.80 bits per heavy atom. The van der Waals surface area contributed by atoms with Crippen LogP contribution in [0.1, 0.15) is 32.1 Å². The Morgan fingerprint density at radius 3 is 2.55 bits per heavy atom. The lowest BCUT2D eigenvalue weighted by Crippen LogP contribution is -2.50. The second-order valence-electron chi connectivity index (χ2n) is 10.4. The van der Waals surface area contributed by atoms with Crippen LogP contribution in [0.4, 0.5) is 5.69 Å². The number of halogens is 1. The first-order valence-corrected chi connectivity index (χ1v) is 14.3. The zero-order valence-electron chi connectivity index (χ0n) is 22.5. The van der Waals surface area contributed by atoms with E-state index < -0.39 is 11.9 Å². The number of hydrogen-bond donors (Lipinski definition) is 4. The van der Waals surface area contributed by atoms with E-state index in [-0.39, 0.29) is 29.8 Å². The van der Waals surface area contributed by atoms with Crippen LogP contribution in [0.5, 0.6) is 0 Å². The van der Waals surface area contributed by atoms with Gasteiger partial charge in [-0.1, -0.05) is 23.7 Å². The molecular formula is C28H35ClN8O3. The van der Waals surface area contributed by atoms with Crippen molar-refractivity contribution in [1.29, 1.82) is 5.26 Å². The van der Waals surface area contributed by atoms with Crippen molar-refractivity contribution in [2.75, 3.05) is 57.7 Å². The predicted octanol–water partition coefficient (Wildman–Crippen LogP) is 1.99. The highest BCUT2D eigenvalue weighted by molar-refractivity contribution is 6.36. The van der Waals surface area contributed by atoms with Gasteiger partial charge >= 0.3 is 0 Å². The summed E-state index contributed by atoms with van der Waals surface area (Å²) in [7, 11) is 0. The fraction of sp³-hybridized carbons (Fsp3) is 0.500. The number of amides is 3. The summed E-state index contributed by atoms with van der Waals surface area (Å²) < 4.78 is 0. The third-order valence-electron chi connectivity index (χ3n) is 7.79. The molecule has 1 atom stereocenters. The predicted molar refractivity (Wildman–Crippen MR) is 152 cm³/mol. The van der Waals surface area contributed by atoms with Gasteiger partial charge in [-0.2, -0.15) is 5.26 Å². The van der Waals surface area contributed by atoms with Crippen molar-refractivity contribution in [2.24, 2.45) is 0 Å². The van der Waals surface area contributed by atoms with Crippen molar-refractivity contribution in [3.8, 4) is 6.07 Å². The van der Waals surface area contributed by atoms with E-state index in [1.165, 1.54) is 0 Å². The number of carbonyl (C=O) groups excluding carboxylic acids is 3. The summed E-state index contributed by atoms with van der Waals surface area (Å²) in [5.74, 6) is -0.493. The molecule has 1 aromatic heterocycles. The van der Waals surface area contributed by atoms with E-state index in [9.17, 15) is 19.6 Å². The Labute approximate surface area is 238 Å². The van der Waals surface area contributed by atoms with Gasteiger partial charge in [0.2, 0.25) is 11.8 Å². The number of benzene rings is 1. The van der Waals surface area contributed by atoms with Crippen molar-refractivity contribution in [3.63, 3.8) is 0 Å². The van der Waals surface area contributed by atoms with Crippen LogP contribution < -0.4 is 16.0 Å². The molecule has 11 nitrogen and oxygen atoms in total. The third-order valence-corrected chi connectivity index (χ3v) is 8.10. The molecule has 0 spiro atoms. The van der Waals surface area contributed by atoms with E-state index in [1.807, 2.05) is 23.1 Å². The number of aromatic nitrogens is 1. The molecule has 0 bridgehead atoms. The number of H-pyrrole nitrogens is 1. The van der Waals surface area contributed by atoms with Gasteiger partial charge in [-0.15, -0.1) is 0 Å². The zero-order chi connectivity index (χ0) is 28.1. The number of carbonyl (C=O) groups is 3. The van der Waals surface area contributed by atoms with Crippen LogP contribution in [-0.2, 0) is 14.4 Å². The average Bonchev–Trinajstić information content (AvgIpc) is 3.62. The summed E-state index contributed by atoms with van der Waals surface area (Å²) >= 11 is 6.33. The van der Waals surface area contributed by atoms with Crippen molar-refractivity contribution >= 4 is 45.9 Å². The molecular weight excluding hydrogens is 532 g/mol. The van der Waals surface area contributed by atoms with Crippen molar-refractivity contribution in [1.82, 2.24) is 30.3 Å². The Morgan fingerprint density at radius 1 is 1.05 bits per heavy atom. The maximum Gasteiger partial charge on any atom is 0.268 e. The molecule has 3 aliphatic rings. The van der Waals surface area contributed by atoms with Gasteiger partial charge in [0.25, 0.3) is 5.91 Å². The van der Waals surface area contributed by atoms with E-state index in [2.05, 4.69) is 27.0 Å². The summed E-state index contributed by atoms with van der Waals surface area (Å²) in [6.07, 6.45) is 5.70. The van der Waals surface area contributed by atoms with Crippen LogP contribution in [0.25, 0.3) is 10.9 Å². The standard InChI is InChI=1S/C28H35ClN8O3/c29-21-17-32-25-19(21)6-5-8-22(25)33-26(20(16-30)27(39)36-14-9-31-10-15-36)34-23-7-1-2-13-37(28(23)40)18-24(38)35-11-3-4-12-35/h5-6,8,17,23,31-34H,1-4,7,9-15,18H2/b26-20-/t23-/m0/s1. The van der Waals surface area contributed by atoms with Gasteiger partial charge in [0, 0.05) is 57.4 Å². The normalized spacial score (nSPS) is 20.6. The molecule has 40 heavy (non-hydrogen) atoms. The number of anilines is 1. The molecule has 212 valence electrons. The topological polar surface area (TPSA) is 137 Å². The minimum absolute atomic E-state index is 0.0363. The SMILES string of the molecule is N#C/C(C(=O)N1CCNCC1)=C(\Nc1cccc2c(Cl)c[nH]c12)N[C@H]1CCCCN(CC(=O)N2CCCC2)C1=O. The highest BCUT2D eigenvalue weighted by atomic mass is 35.5. The fourth-order valence-corrected chi connectivity index (χ4v) is 5.78. The van der Waals surface area contributed by atoms with Gasteiger partial charge in [0.1, 0.15) is 17.9 Å². The minimum atomic E-state index is -0.706. The average molecular weight is 567 g/mol. The molecule has 1 aromatic carbocycles. The van der Waals surface area contributed by atoms with Crippen LogP contribution in [0.2, 0.25) is 5.02 Å². The van der Waals surface area contributed by atoms with Crippen molar-refractivity contribution in [3.05, 3.63) is 40.8 Å². The lowest BCUT2D eigenvalue weighted by molar-refractivity contribution is -0.140. The van der Waals surface area contributed by atoms with Gasteiger partial charge in [0.05, 0.1) is 22.8 Å². The van der Waals surface area contributed by atoms with Gasteiger partial charge in [-0.3, -0.25) is 14.4 Å². The van der Waals surface area contributed by atoms with Crippen LogP contribution in [0.15, 0.2) is 35.8 Å². The van der Waals surface area contributed by atoms with Gasteiger partial charge < -0.3 is 35.6 Å². The summed E-state index contributed by atoms with van der Waals surface area (Å²) in [5, 5.41) is 21.2. The maximum absolute atomic E-state index is 13.7. The van der Waals surface area contributed by atoms with E-state index in [0.717, 1.165) is 44.2 Å². The van der Waals surface area contributed by atoms with Crippen LogP contribution in [0, 0.1) is 11.3 Å². The molecule has 3 aliphatic heterocycles. The summed E-state index contributed by atoms with van der Waals surface area (Å²) in [4.78, 5) is 48.3. The number of hydrogen-bond acceptors (Lipinski definition) is 7. The fourth-order valence-electron chi connectivity index (χ4n) is 5.57. The first kappa shape index (κ1) is 27.8. The molecule has 5 rings (SSSR count). The first-order valence-electron chi connectivity index (χ1n) is 14.0. The largest absolute Gasteiger partial charge is 0.359 e. The monoisotopic (exact) mass is 566 g/mol. The Kier molecular flexibility index (Phi) is 8.77. The maximum atomic E-state index is 13.7. The number of nitrogens with one attached hydrogen (secondary N) is 4. The third kappa shape index (κ3) is 6.03. The number of likely N-dealkylation sites (tertiary alicyclic amines) is 2. The molecule has 4 heterocycles. The van der Waals surface area contributed by atoms with Crippen LogP contribution in [-0.4, -0.2) is 95.8 Å². The van der Waals surface area contributed by atoms with E-state index >= 15 is 0 Å². The second kappa shape index (κ2) is 12.6. The Hall–Kier alpha value is -3.75. The second-order valence-corrected chi connectivity index (χ2v) is 10.8. The molecule has 0 aliphatic carbocycles. The molecule has 3 amide bonds. The number of rotatable bonds is 7. The smallest absolute Gasteiger partial charge is 0.268 e. The van der Waals surface area contributed by atoms with E-state index in [4.69, 9.17) is 11.6 Å². The number of fused-ring (bicyclic) bond motifs is 1. The van der Waals surface area contributed by atoms with Crippen molar-refractivity contribution < 1.29 is 14.4 Å². The first-order chi connectivity index (χ1) is 19.5. The molecule has 2 aromatic rings. The number of para-hydroxylation sites is 1. The van der Waals surface area contributed by atoms with Crippen LogP contribution in [0.3, 0.4) is 0 Å². The molecule has 0 saturated carbocycles. The van der Waals surface area contributed by atoms with E-state index in [0.29, 0.717) is 55.4 Å². The Bertz CT molecular complexity index is 1340. The lowest BCUT2D eigenvalue weighted by atomic mass is 10.1. The molecule has 0 radical (unpaired) electrons. The molecule has 4 N–H and O–H groups in total. The number of aromatic amines is 1. The summed E-state index contributed by atoms with van der Waals surface area (Å²) in [6, 6.07) is 6.90. The quantitative estimate of drug-likeness (QED) is 0.297. The molecule has 0 unspecified atom stereocenters. The van der Waals surface area contributed by atoms with E-state index in [1.54, 1.807) is 16.0 Å². The Balaban J connectivity index is 1.45. The van der Waals surface area contributed by atoms with Gasteiger partial charge in [0.15, 0.2) is 5.57 Å². The highest BCUT2D eigenvalue weighted by Crippen LogP contribution is 2.29. The summed E-state index contributed by atoms with van der Waals surface area (Å²) in [6.45, 7) is 4.23.